The summed E-state index contributed by atoms with van der Waals surface area (Å²) in [7, 11) is 0. The molecule has 7 nitrogen and oxygen atoms in total. The van der Waals surface area contributed by atoms with Crippen molar-refractivity contribution < 1.29 is 27.4 Å². The van der Waals surface area contributed by atoms with Crippen LogP contribution in [0.5, 0.6) is 5.75 Å². The van der Waals surface area contributed by atoms with Crippen LogP contribution in [0.4, 0.5) is 13.2 Å². The quantitative estimate of drug-likeness (QED) is 0.480. The number of nitrogens with zero attached hydrogens (tertiary/aromatic N) is 4. The van der Waals surface area contributed by atoms with Gasteiger partial charge in [0.15, 0.2) is 5.69 Å². The Labute approximate surface area is 161 Å². The maximum atomic E-state index is 12.3. The molecule has 0 saturated carbocycles. The smallest absolute Gasteiger partial charge is 0.461 e. The van der Waals surface area contributed by atoms with Crippen LogP contribution in [-0.2, 0) is 4.74 Å². The molecule has 4 rings (SSSR count). The van der Waals surface area contributed by atoms with Crippen molar-refractivity contribution in [2.75, 3.05) is 6.61 Å². The Morgan fingerprint density at radius 2 is 1.83 bits per heavy atom. The minimum Gasteiger partial charge on any atom is -0.461 e. The second-order valence-corrected chi connectivity index (χ2v) is 5.93. The van der Waals surface area contributed by atoms with Crippen LogP contribution in [0, 0.1) is 0 Å². The summed E-state index contributed by atoms with van der Waals surface area (Å²) in [6.07, 6.45) is -1.89. The first kappa shape index (κ1) is 18.7. The number of halogens is 3. The van der Waals surface area contributed by atoms with Gasteiger partial charge in [-0.25, -0.2) is 19.7 Å². The topological polar surface area (TPSA) is 79.1 Å². The molecular formula is C19H13F3N4O3. The molecule has 0 amide bonds. The van der Waals surface area contributed by atoms with Crippen LogP contribution in [0.3, 0.4) is 0 Å². The predicted octanol–water partition coefficient (Wildman–Crippen LogP) is 4.04. The Bertz CT molecular complexity index is 1200. The average Bonchev–Trinajstić information content (AvgIpc) is 3.11. The highest BCUT2D eigenvalue weighted by molar-refractivity contribution is 6.01. The Hall–Kier alpha value is -3.69. The van der Waals surface area contributed by atoms with Gasteiger partial charge in [0.05, 0.1) is 23.8 Å². The summed E-state index contributed by atoms with van der Waals surface area (Å²) in [5.74, 6) is -0.873. The first-order valence-electron chi connectivity index (χ1n) is 8.52. The van der Waals surface area contributed by atoms with E-state index in [1.165, 1.54) is 36.8 Å². The number of aromatic nitrogens is 4. The molecule has 0 atom stereocenters. The second-order valence-electron chi connectivity index (χ2n) is 5.93. The number of alkyl halides is 3. The Balaban J connectivity index is 1.72. The zero-order valence-electron chi connectivity index (χ0n) is 15.0. The maximum absolute atomic E-state index is 12.3. The zero-order chi connectivity index (χ0) is 20.6. The highest BCUT2D eigenvalue weighted by atomic mass is 19.4. The van der Waals surface area contributed by atoms with Crippen LogP contribution < -0.4 is 4.74 Å². The first-order valence-corrected chi connectivity index (χ1v) is 8.52. The van der Waals surface area contributed by atoms with E-state index in [1.54, 1.807) is 23.6 Å². The number of esters is 1. The van der Waals surface area contributed by atoms with E-state index >= 15 is 0 Å². The van der Waals surface area contributed by atoms with E-state index in [0.717, 1.165) is 0 Å². The van der Waals surface area contributed by atoms with Crippen molar-refractivity contribution >= 4 is 28.0 Å². The van der Waals surface area contributed by atoms with Crippen molar-refractivity contribution in [1.82, 2.24) is 19.5 Å². The summed E-state index contributed by atoms with van der Waals surface area (Å²) in [4.78, 5) is 24.7. The predicted molar refractivity (Wildman–Crippen MR) is 96.8 cm³/mol. The third kappa shape index (κ3) is 3.68. The number of carbonyl (C=O) groups excluding carboxylic acids is 1. The third-order valence-electron chi connectivity index (χ3n) is 4.06. The lowest BCUT2D eigenvalue weighted by molar-refractivity contribution is -0.274. The van der Waals surface area contributed by atoms with Crippen LogP contribution in [0.1, 0.15) is 17.4 Å². The number of imidazole rings is 1. The fourth-order valence-corrected chi connectivity index (χ4v) is 2.88. The fraction of sp³-hybridized carbons (Fsp3) is 0.158. The van der Waals surface area contributed by atoms with Crippen molar-refractivity contribution in [3.8, 4) is 11.4 Å². The number of ether oxygens (including phenoxy) is 2. The van der Waals surface area contributed by atoms with Gasteiger partial charge in [-0.2, -0.15) is 0 Å². The number of hydrogen-bond acceptors (Lipinski definition) is 6. The van der Waals surface area contributed by atoms with Gasteiger partial charge < -0.3 is 9.47 Å². The van der Waals surface area contributed by atoms with Crippen molar-refractivity contribution in [3.05, 3.63) is 54.6 Å². The molecule has 0 radical (unpaired) electrons. The Kier molecular flexibility index (Phi) is 4.53. The number of fused-ring (bicyclic) bond motifs is 3. The number of hydrogen-bond donors (Lipinski definition) is 0. The summed E-state index contributed by atoms with van der Waals surface area (Å²) in [6, 6.07) is 8.85. The van der Waals surface area contributed by atoms with Gasteiger partial charge in [-0.3, -0.25) is 4.57 Å². The van der Waals surface area contributed by atoms with E-state index in [0.29, 0.717) is 27.8 Å². The first-order chi connectivity index (χ1) is 13.9. The summed E-state index contributed by atoms with van der Waals surface area (Å²) in [5.41, 5.74) is 2.88. The molecule has 0 saturated heterocycles. The summed E-state index contributed by atoms with van der Waals surface area (Å²) < 4.78 is 47.5. The molecule has 0 bridgehead atoms. The van der Waals surface area contributed by atoms with E-state index in [9.17, 15) is 18.0 Å². The molecule has 2 aromatic carbocycles. The number of rotatable bonds is 4. The van der Waals surface area contributed by atoms with Crippen LogP contribution in [0.2, 0.25) is 0 Å². The fourth-order valence-electron chi connectivity index (χ4n) is 2.88. The van der Waals surface area contributed by atoms with Crippen molar-refractivity contribution in [3.63, 3.8) is 0 Å². The minimum absolute atomic E-state index is 0.0957. The molecule has 0 aliphatic heterocycles. The van der Waals surface area contributed by atoms with Crippen LogP contribution in [-0.4, -0.2) is 38.5 Å². The Morgan fingerprint density at radius 3 is 2.52 bits per heavy atom. The molecule has 2 heterocycles. The van der Waals surface area contributed by atoms with Gasteiger partial charge >= 0.3 is 12.3 Å². The molecule has 0 aliphatic rings. The normalized spacial score (nSPS) is 11.7. The summed E-state index contributed by atoms with van der Waals surface area (Å²) >= 11 is 0. The number of benzene rings is 2. The molecule has 148 valence electrons. The van der Waals surface area contributed by atoms with Gasteiger partial charge in [0.1, 0.15) is 23.1 Å². The Morgan fingerprint density at radius 1 is 1.07 bits per heavy atom. The highest BCUT2D eigenvalue weighted by Crippen LogP contribution is 2.27. The highest BCUT2D eigenvalue weighted by Gasteiger charge is 2.31. The van der Waals surface area contributed by atoms with Crippen LogP contribution in [0.15, 0.2) is 48.9 Å². The third-order valence-corrected chi connectivity index (χ3v) is 4.06. The molecular weight excluding hydrogens is 389 g/mol. The van der Waals surface area contributed by atoms with Gasteiger partial charge in [-0.05, 0) is 43.3 Å². The molecule has 10 heteroatoms. The monoisotopic (exact) mass is 402 g/mol. The second kappa shape index (κ2) is 7.04. The van der Waals surface area contributed by atoms with Crippen molar-refractivity contribution in [2.24, 2.45) is 0 Å². The lowest BCUT2D eigenvalue weighted by atomic mass is 10.2. The molecule has 2 aromatic heterocycles. The maximum Gasteiger partial charge on any atom is 0.573 e. The minimum atomic E-state index is -4.75. The van der Waals surface area contributed by atoms with Gasteiger partial charge in [0, 0.05) is 5.69 Å². The molecule has 0 unspecified atom stereocenters. The largest absolute Gasteiger partial charge is 0.573 e. The molecule has 0 fully saturated rings. The number of carbonyl (C=O) groups is 1. The van der Waals surface area contributed by atoms with E-state index in [4.69, 9.17) is 4.74 Å². The molecule has 29 heavy (non-hydrogen) atoms. The summed E-state index contributed by atoms with van der Waals surface area (Å²) in [5, 5.41) is 0. The van der Waals surface area contributed by atoms with E-state index in [1.807, 2.05) is 0 Å². The van der Waals surface area contributed by atoms with Crippen molar-refractivity contribution in [1.29, 1.82) is 0 Å². The standard InChI is InChI=1S/C19H13F3N4O3/c1-2-28-18(27)14-9-23-16-13(25-14)7-8-15-17(16)24-10-26(15)11-3-5-12(6-4-11)29-19(20,21)22/h3-10H,2H2,1H3. The molecule has 0 N–H and O–H groups in total. The zero-order valence-corrected chi connectivity index (χ0v) is 15.0. The van der Waals surface area contributed by atoms with Gasteiger partial charge in [-0.1, -0.05) is 0 Å². The van der Waals surface area contributed by atoms with E-state index in [2.05, 4.69) is 19.7 Å². The summed E-state index contributed by atoms with van der Waals surface area (Å²) in [6.45, 7) is 1.93. The van der Waals surface area contributed by atoms with E-state index in [-0.39, 0.29) is 18.1 Å². The lowest BCUT2D eigenvalue weighted by Gasteiger charge is -2.10. The lowest BCUT2D eigenvalue weighted by Crippen LogP contribution is -2.17. The molecule has 0 aliphatic carbocycles. The SMILES string of the molecule is CCOC(=O)c1cnc2c(ccc3c2ncn3-c2ccc(OC(F)(F)F)cc2)n1. The van der Waals surface area contributed by atoms with Gasteiger partial charge in [0.25, 0.3) is 0 Å². The van der Waals surface area contributed by atoms with E-state index < -0.39 is 12.3 Å². The molecule has 0 spiro atoms. The average molecular weight is 402 g/mol. The van der Waals surface area contributed by atoms with Crippen LogP contribution >= 0.6 is 0 Å². The van der Waals surface area contributed by atoms with Gasteiger partial charge in [0.2, 0.25) is 0 Å². The van der Waals surface area contributed by atoms with Crippen molar-refractivity contribution in [2.45, 2.75) is 13.3 Å². The van der Waals surface area contributed by atoms with Crippen LogP contribution in [0.25, 0.3) is 27.8 Å². The van der Waals surface area contributed by atoms with Gasteiger partial charge in [-0.15, -0.1) is 13.2 Å². The molecule has 4 aromatic rings.